The van der Waals surface area contributed by atoms with Gasteiger partial charge in [0.1, 0.15) is 0 Å². The molecule has 1 saturated heterocycles. The lowest BCUT2D eigenvalue weighted by molar-refractivity contribution is -0.128. The van der Waals surface area contributed by atoms with Crippen LogP contribution in [0.3, 0.4) is 0 Å². The third-order valence-corrected chi connectivity index (χ3v) is 5.70. The fraction of sp³-hybridized carbons (Fsp3) is 0.240. The zero-order valence-corrected chi connectivity index (χ0v) is 18.2. The lowest BCUT2D eigenvalue weighted by Gasteiger charge is -2.16. The highest BCUT2D eigenvalue weighted by Crippen LogP contribution is 2.22. The first-order valence-corrected chi connectivity index (χ1v) is 10.6. The first-order valence-electron chi connectivity index (χ1n) is 10.6. The molecule has 2 aromatic carbocycles. The van der Waals surface area contributed by atoms with E-state index in [0.29, 0.717) is 24.3 Å². The molecule has 2 N–H and O–H groups in total. The van der Waals surface area contributed by atoms with Crippen LogP contribution in [0, 0.1) is 19.8 Å². The molecule has 32 heavy (non-hydrogen) atoms. The van der Waals surface area contributed by atoms with Crippen LogP contribution in [-0.4, -0.2) is 33.8 Å². The molecule has 0 bridgehead atoms. The maximum atomic E-state index is 12.7. The van der Waals surface area contributed by atoms with Gasteiger partial charge in [-0.3, -0.25) is 24.5 Å². The van der Waals surface area contributed by atoms with Gasteiger partial charge in [-0.2, -0.15) is 0 Å². The Morgan fingerprint density at radius 1 is 0.938 bits per heavy atom. The van der Waals surface area contributed by atoms with E-state index in [1.54, 1.807) is 33.8 Å². The molecule has 1 aliphatic heterocycles. The number of nitrogens with one attached hydrogen (secondary N) is 2. The highest BCUT2D eigenvalue weighted by atomic mass is 16.2. The van der Waals surface area contributed by atoms with E-state index in [1.807, 2.05) is 56.3 Å². The maximum absolute atomic E-state index is 12.7. The van der Waals surface area contributed by atoms with E-state index in [4.69, 9.17) is 0 Å². The molecule has 1 atom stereocenters. The number of nitrogens with zero attached hydrogens (tertiary/aromatic N) is 2. The van der Waals surface area contributed by atoms with E-state index in [1.165, 1.54) is 0 Å². The highest BCUT2D eigenvalue weighted by molar-refractivity contribution is 6.01. The average molecular weight is 431 g/mol. The predicted molar refractivity (Wildman–Crippen MR) is 123 cm³/mol. The molecule has 0 saturated carbocycles. The van der Waals surface area contributed by atoms with Crippen molar-refractivity contribution >= 4 is 23.4 Å². The van der Waals surface area contributed by atoms with Crippen molar-refractivity contribution in [2.75, 3.05) is 17.3 Å². The highest BCUT2D eigenvalue weighted by Gasteiger charge is 2.34. The number of hydrogen-bond donors (Lipinski definition) is 2. The fourth-order valence-corrected chi connectivity index (χ4v) is 3.86. The summed E-state index contributed by atoms with van der Waals surface area (Å²) in [5.41, 5.74) is 6.85. The number of carbonyl (C=O) groups is 3. The van der Waals surface area contributed by atoms with Gasteiger partial charge < -0.3 is 10.2 Å². The summed E-state index contributed by atoms with van der Waals surface area (Å²) < 4.78 is 1.73. The topological polar surface area (TPSA) is 83.4 Å². The van der Waals surface area contributed by atoms with Crippen molar-refractivity contribution in [3.63, 3.8) is 0 Å². The molecule has 7 heteroatoms. The summed E-state index contributed by atoms with van der Waals surface area (Å²) in [6.45, 7) is 4.74. The van der Waals surface area contributed by atoms with Gasteiger partial charge in [-0.05, 0) is 55.8 Å². The summed E-state index contributed by atoms with van der Waals surface area (Å²) in [7, 11) is 0. The van der Waals surface area contributed by atoms with Crippen LogP contribution < -0.4 is 10.7 Å². The first kappa shape index (κ1) is 21.4. The quantitative estimate of drug-likeness (QED) is 0.628. The molecule has 3 aromatic rings. The average Bonchev–Trinajstić information content (AvgIpc) is 3.31. The largest absolute Gasteiger partial charge is 0.338 e. The monoisotopic (exact) mass is 430 g/mol. The summed E-state index contributed by atoms with van der Waals surface area (Å²) in [6.07, 6.45) is 0.203. The number of amides is 3. The van der Waals surface area contributed by atoms with Crippen LogP contribution in [0.4, 0.5) is 5.69 Å². The van der Waals surface area contributed by atoms with Crippen molar-refractivity contribution in [3.8, 4) is 0 Å². The SMILES string of the molecule is Cc1ccc(C)n1NC(=O)c1ccc(NC(=O)[C@@H]2CC(=O)N(Cc3ccccc3)C2)cc1. The summed E-state index contributed by atoms with van der Waals surface area (Å²) in [5.74, 6) is -0.835. The van der Waals surface area contributed by atoms with Crippen molar-refractivity contribution in [2.45, 2.75) is 26.8 Å². The lowest BCUT2D eigenvalue weighted by Crippen LogP contribution is -2.28. The molecule has 0 unspecified atom stereocenters. The molecular formula is C25H26N4O3. The molecule has 0 aliphatic carbocycles. The minimum Gasteiger partial charge on any atom is -0.338 e. The minimum absolute atomic E-state index is 0.0170. The lowest BCUT2D eigenvalue weighted by atomic mass is 10.1. The van der Waals surface area contributed by atoms with E-state index < -0.39 is 5.92 Å². The molecule has 2 heterocycles. The molecular weight excluding hydrogens is 404 g/mol. The summed E-state index contributed by atoms with van der Waals surface area (Å²) >= 11 is 0. The Hall–Kier alpha value is -3.87. The van der Waals surface area contributed by atoms with Gasteiger partial charge in [-0.15, -0.1) is 0 Å². The number of rotatable bonds is 6. The van der Waals surface area contributed by atoms with Crippen molar-refractivity contribution < 1.29 is 14.4 Å². The van der Waals surface area contributed by atoms with Crippen molar-refractivity contribution in [1.29, 1.82) is 0 Å². The Morgan fingerprint density at radius 3 is 2.25 bits per heavy atom. The zero-order valence-electron chi connectivity index (χ0n) is 18.2. The van der Waals surface area contributed by atoms with Gasteiger partial charge in [0.2, 0.25) is 11.8 Å². The van der Waals surface area contributed by atoms with E-state index in [-0.39, 0.29) is 24.1 Å². The maximum Gasteiger partial charge on any atom is 0.270 e. The fourth-order valence-electron chi connectivity index (χ4n) is 3.86. The van der Waals surface area contributed by atoms with Gasteiger partial charge in [-0.25, -0.2) is 0 Å². The number of carbonyl (C=O) groups excluding carboxylic acids is 3. The summed E-state index contributed by atoms with van der Waals surface area (Å²) in [4.78, 5) is 39.3. The van der Waals surface area contributed by atoms with Crippen LogP contribution in [0.1, 0.15) is 33.7 Å². The molecule has 3 amide bonds. The van der Waals surface area contributed by atoms with Crippen LogP contribution in [0.5, 0.6) is 0 Å². The van der Waals surface area contributed by atoms with E-state index in [2.05, 4.69) is 10.7 Å². The van der Waals surface area contributed by atoms with Crippen LogP contribution in [0.25, 0.3) is 0 Å². The van der Waals surface area contributed by atoms with Gasteiger partial charge in [0.15, 0.2) is 0 Å². The minimum atomic E-state index is -0.395. The van der Waals surface area contributed by atoms with Crippen LogP contribution in [-0.2, 0) is 16.1 Å². The van der Waals surface area contributed by atoms with E-state index in [9.17, 15) is 14.4 Å². The third kappa shape index (κ3) is 4.72. The first-order chi connectivity index (χ1) is 15.4. The van der Waals surface area contributed by atoms with Gasteiger partial charge in [0.05, 0.1) is 5.92 Å². The number of benzene rings is 2. The van der Waals surface area contributed by atoms with Crippen LogP contribution >= 0.6 is 0 Å². The Kier molecular flexibility index (Phi) is 6.07. The molecule has 0 spiro atoms. The second-order valence-electron chi connectivity index (χ2n) is 8.12. The molecule has 1 aliphatic rings. The number of aryl methyl sites for hydroxylation is 2. The molecule has 7 nitrogen and oxygen atoms in total. The Morgan fingerprint density at radius 2 is 1.59 bits per heavy atom. The molecule has 0 radical (unpaired) electrons. The molecule has 1 aromatic heterocycles. The van der Waals surface area contributed by atoms with Gasteiger partial charge in [-0.1, -0.05) is 30.3 Å². The van der Waals surface area contributed by atoms with Gasteiger partial charge in [0.25, 0.3) is 5.91 Å². The smallest absolute Gasteiger partial charge is 0.270 e. The van der Waals surface area contributed by atoms with Gasteiger partial charge in [0, 0.05) is 42.1 Å². The summed E-state index contributed by atoms with van der Waals surface area (Å²) in [6, 6.07) is 20.3. The second-order valence-corrected chi connectivity index (χ2v) is 8.12. The number of hydrogen-bond acceptors (Lipinski definition) is 3. The molecule has 164 valence electrons. The summed E-state index contributed by atoms with van der Waals surface area (Å²) in [5, 5.41) is 2.86. The van der Waals surface area contributed by atoms with Crippen molar-refractivity contribution in [3.05, 3.63) is 89.2 Å². The number of likely N-dealkylation sites (tertiary alicyclic amines) is 1. The van der Waals surface area contributed by atoms with Crippen molar-refractivity contribution in [2.24, 2.45) is 5.92 Å². The molecule has 4 rings (SSSR count). The Labute approximate surface area is 187 Å². The number of anilines is 1. The predicted octanol–water partition coefficient (Wildman–Crippen LogP) is 3.48. The van der Waals surface area contributed by atoms with Crippen LogP contribution in [0.15, 0.2) is 66.7 Å². The van der Waals surface area contributed by atoms with Crippen molar-refractivity contribution in [1.82, 2.24) is 9.58 Å². The third-order valence-electron chi connectivity index (χ3n) is 5.70. The van der Waals surface area contributed by atoms with Gasteiger partial charge >= 0.3 is 0 Å². The van der Waals surface area contributed by atoms with Crippen LogP contribution in [0.2, 0.25) is 0 Å². The normalized spacial score (nSPS) is 15.6. The van der Waals surface area contributed by atoms with E-state index >= 15 is 0 Å². The Bertz CT molecular complexity index is 1120. The van der Waals surface area contributed by atoms with E-state index in [0.717, 1.165) is 17.0 Å². The second kappa shape index (κ2) is 9.09. The Balaban J connectivity index is 1.34. The molecule has 1 fully saturated rings. The zero-order chi connectivity index (χ0) is 22.7. The standard InChI is InChI=1S/C25H26N4O3/c1-17-8-9-18(2)29(17)27-25(32)20-10-12-22(13-11-20)26-24(31)21-14-23(30)28(16-21)15-19-6-4-3-5-7-19/h3-13,21H,14-16H2,1-2H3,(H,26,31)(H,27,32)/t21-/m1/s1. The number of aromatic nitrogens is 1.